The van der Waals surface area contributed by atoms with Gasteiger partial charge in [0.15, 0.2) is 5.69 Å². The maximum atomic E-state index is 12.6. The summed E-state index contributed by atoms with van der Waals surface area (Å²) < 4.78 is 2.26. The molecular weight excluding hydrogens is 348 g/mol. The molecule has 0 unspecified atom stereocenters. The molecule has 0 radical (unpaired) electrons. The second-order valence-electron chi connectivity index (χ2n) is 6.06. The minimum absolute atomic E-state index is 0.176. The van der Waals surface area contributed by atoms with Crippen molar-refractivity contribution in [2.75, 3.05) is 5.32 Å². The van der Waals surface area contributed by atoms with Gasteiger partial charge in [0.2, 0.25) is 0 Å². The quantitative estimate of drug-likeness (QED) is 0.567. The van der Waals surface area contributed by atoms with Gasteiger partial charge in [0.25, 0.3) is 5.91 Å². The van der Waals surface area contributed by atoms with Gasteiger partial charge in [-0.15, -0.1) is 0 Å². The predicted octanol–water partition coefficient (Wildman–Crippen LogP) is 4.82. The van der Waals surface area contributed by atoms with Crippen LogP contribution in [0.4, 0.5) is 5.69 Å². The minimum atomic E-state index is -0.348. The van der Waals surface area contributed by atoms with Crippen molar-refractivity contribution in [1.82, 2.24) is 14.5 Å². The van der Waals surface area contributed by atoms with Crippen molar-refractivity contribution in [1.29, 1.82) is 0 Å². The van der Waals surface area contributed by atoms with Crippen LogP contribution in [0.25, 0.3) is 21.8 Å². The second kappa shape index (κ2) is 6.42. The van der Waals surface area contributed by atoms with Crippen LogP contribution in [-0.2, 0) is 6.54 Å². The van der Waals surface area contributed by atoms with Crippen molar-refractivity contribution in [3.05, 3.63) is 65.2 Å². The van der Waals surface area contributed by atoms with Crippen LogP contribution < -0.4 is 5.32 Å². The third-order valence-corrected chi connectivity index (χ3v) is 4.70. The van der Waals surface area contributed by atoms with Crippen molar-refractivity contribution < 1.29 is 4.79 Å². The molecule has 4 rings (SSSR count). The molecule has 0 aliphatic carbocycles. The Bertz CT molecular complexity index is 1150. The predicted molar refractivity (Wildman–Crippen MR) is 105 cm³/mol. The average Bonchev–Trinajstić information content (AvgIpc) is 2.97. The number of fused-ring (bicyclic) bond motifs is 3. The number of benzene rings is 2. The van der Waals surface area contributed by atoms with Crippen molar-refractivity contribution in [2.45, 2.75) is 20.4 Å². The Balaban J connectivity index is 1.77. The number of carbonyl (C=O) groups is 1. The van der Waals surface area contributed by atoms with E-state index in [1.54, 1.807) is 6.92 Å². The summed E-state index contributed by atoms with van der Waals surface area (Å²) in [7, 11) is 0. The second-order valence-corrected chi connectivity index (χ2v) is 6.47. The highest BCUT2D eigenvalue weighted by Gasteiger charge is 2.15. The molecule has 1 amide bonds. The van der Waals surface area contributed by atoms with E-state index < -0.39 is 0 Å². The van der Waals surface area contributed by atoms with Gasteiger partial charge < -0.3 is 9.88 Å². The zero-order valence-corrected chi connectivity index (χ0v) is 15.2. The van der Waals surface area contributed by atoms with Gasteiger partial charge >= 0.3 is 0 Å². The number of rotatable bonds is 3. The lowest BCUT2D eigenvalue weighted by Gasteiger charge is -2.07. The number of amides is 1. The normalized spacial score (nSPS) is 11.2. The highest BCUT2D eigenvalue weighted by Crippen LogP contribution is 2.31. The molecule has 2 aromatic heterocycles. The molecule has 130 valence electrons. The van der Waals surface area contributed by atoms with Crippen molar-refractivity contribution in [3.8, 4) is 0 Å². The number of carbonyl (C=O) groups excluding carboxylic acids is 1. The summed E-state index contributed by atoms with van der Waals surface area (Å²) in [4.78, 5) is 20.7. The van der Waals surface area contributed by atoms with Crippen molar-refractivity contribution in [2.24, 2.45) is 0 Å². The van der Waals surface area contributed by atoms with Gasteiger partial charge in [-0.05, 0) is 38.1 Å². The number of nitrogens with one attached hydrogen (secondary N) is 1. The van der Waals surface area contributed by atoms with Gasteiger partial charge in [-0.1, -0.05) is 29.8 Å². The van der Waals surface area contributed by atoms with E-state index >= 15 is 0 Å². The summed E-state index contributed by atoms with van der Waals surface area (Å²) in [6, 6.07) is 14.2. The van der Waals surface area contributed by atoms with Crippen LogP contribution in [0.2, 0.25) is 5.02 Å². The summed E-state index contributed by atoms with van der Waals surface area (Å²) >= 11 is 6.06. The molecular formula is C20H17ClN4O. The van der Waals surface area contributed by atoms with Crippen LogP contribution >= 0.6 is 11.6 Å². The van der Waals surface area contributed by atoms with E-state index in [2.05, 4.69) is 38.9 Å². The SMILES string of the molecule is CCn1c2ccccc2c2cc(NC(=O)c3nc(C)ncc3Cl)ccc21. The van der Waals surface area contributed by atoms with Crippen LogP contribution in [0.3, 0.4) is 0 Å². The van der Waals surface area contributed by atoms with Gasteiger partial charge in [0.1, 0.15) is 5.82 Å². The molecule has 0 fully saturated rings. The molecule has 0 saturated heterocycles. The first-order valence-corrected chi connectivity index (χ1v) is 8.77. The fraction of sp³-hybridized carbons (Fsp3) is 0.150. The van der Waals surface area contributed by atoms with Crippen LogP contribution in [0.15, 0.2) is 48.7 Å². The highest BCUT2D eigenvalue weighted by atomic mass is 35.5. The largest absolute Gasteiger partial charge is 0.341 e. The first-order chi connectivity index (χ1) is 12.6. The summed E-state index contributed by atoms with van der Waals surface area (Å²) in [6.07, 6.45) is 1.44. The maximum absolute atomic E-state index is 12.6. The van der Waals surface area contributed by atoms with Gasteiger partial charge in [-0.2, -0.15) is 0 Å². The van der Waals surface area contributed by atoms with E-state index in [-0.39, 0.29) is 16.6 Å². The molecule has 4 aromatic rings. The molecule has 5 nitrogen and oxygen atoms in total. The number of hydrogen-bond donors (Lipinski definition) is 1. The van der Waals surface area contributed by atoms with E-state index in [4.69, 9.17) is 11.6 Å². The standard InChI is InChI=1S/C20H17ClN4O/c1-3-25-17-7-5-4-6-14(17)15-10-13(8-9-18(15)25)24-20(26)19-16(21)11-22-12(2)23-19/h4-11H,3H2,1-2H3,(H,24,26). The number of nitrogens with zero attached hydrogens (tertiary/aromatic N) is 3. The molecule has 0 spiro atoms. The zero-order chi connectivity index (χ0) is 18.3. The molecule has 2 aromatic carbocycles. The number of halogens is 1. The summed E-state index contributed by atoms with van der Waals surface area (Å²) in [6.45, 7) is 4.73. The van der Waals surface area contributed by atoms with Gasteiger partial charge in [0, 0.05) is 34.0 Å². The molecule has 0 aliphatic rings. The van der Waals surface area contributed by atoms with E-state index in [1.165, 1.54) is 11.7 Å². The van der Waals surface area contributed by atoms with Crippen LogP contribution in [0.1, 0.15) is 23.2 Å². The van der Waals surface area contributed by atoms with Gasteiger partial charge in [0.05, 0.1) is 11.2 Å². The molecule has 6 heteroatoms. The molecule has 0 atom stereocenters. The van der Waals surface area contributed by atoms with E-state index in [1.807, 2.05) is 30.3 Å². The number of aromatic nitrogens is 3. The number of aryl methyl sites for hydroxylation is 2. The Labute approximate surface area is 155 Å². The Kier molecular flexibility index (Phi) is 4.09. The summed E-state index contributed by atoms with van der Waals surface area (Å²) in [5.74, 6) is 0.153. The Morgan fingerprint density at radius 1 is 1.15 bits per heavy atom. The summed E-state index contributed by atoms with van der Waals surface area (Å²) in [5, 5.41) is 5.39. The maximum Gasteiger partial charge on any atom is 0.275 e. The lowest BCUT2D eigenvalue weighted by Crippen LogP contribution is -2.15. The van der Waals surface area contributed by atoms with E-state index in [0.29, 0.717) is 11.5 Å². The lowest BCUT2D eigenvalue weighted by atomic mass is 10.1. The van der Waals surface area contributed by atoms with Crippen LogP contribution in [-0.4, -0.2) is 20.4 Å². The van der Waals surface area contributed by atoms with E-state index in [0.717, 1.165) is 22.8 Å². The first kappa shape index (κ1) is 16.5. The highest BCUT2D eigenvalue weighted by molar-refractivity contribution is 6.34. The number of hydrogen-bond acceptors (Lipinski definition) is 3. The Hall–Kier alpha value is -2.92. The van der Waals surface area contributed by atoms with Crippen LogP contribution in [0.5, 0.6) is 0 Å². The fourth-order valence-electron chi connectivity index (χ4n) is 3.28. The topological polar surface area (TPSA) is 59.8 Å². The van der Waals surface area contributed by atoms with Crippen LogP contribution in [0, 0.1) is 6.92 Å². The smallest absolute Gasteiger partial charge is 0.275 e. The van der Waals surface area contributed by atoms with Gasteiger partial charge in [-0.3, -0.25) is 4.79 Å². The molecule has 2 heterocycles. The van der Waals surface area contributed by atoms with E-state index in [9.17, 15) is 4.79 Å². The minimum Gasteiger partial charge on any atom is -0.341 e. The zero-order valence-electron chi connectivity index (χ0n) is 14.5. The van der Waals surface area contributed by atoms with Crippen molar-refractivity contribution in [3.63, 3.8) is 0 Å². The first-order valence-electron chi connectivity index (χ1n) is 8.40. The number of anilines is 1. The number of para-hydroxylation sites is 1. The average molecular weight is 365 g/mol. The Morgan fingerprint density at radius 3 is 2.73 bits per heavy atom. The third kappa shape index (κ3) is 2.70. The Morgan fingerprint density at radius 2 is 1.92 bits per heavy atom. The molecule has 1 N–H and O–H groups in total. The third-order valence-electron chi connectivity index (χ3n) is 4.43. The van der Waals surface area contributed by atoms with Gasteiger partial charge in [-0.25, -0.2) is 9.97 Å². The molecule has 26 heavy (non-hydrogen) atoms. The lowest BCUT2D eigenvalue weighted by molar-refractivity contribution is 0.102. The molecule has 0 saturated carbocycles. The monoisotopic (exact) mass is 364 g/mol. The summed E-state index contributed by atoms with van der Waals surface area (Å²) in [5.41, 5.74) is 3.20. The van der Waals surface area contributed by atoms with Crippen molar-refractivity contribution >= 4 is 45.0 Å². The molecule has 0 bridgehead atoms. The molecule has 0 aliphatic heterocycles. The fourth-order valence-corrected chi connectivity index (χ4v) is 3.45.